The van der Waals surface area contributed by atoms with Crippen LogP contribution in [0.2, 0.25) is 0 Å². The summed E-state index contributed by atoms with van der Waals surface area (Å²) < 4.78 is 0. The second kappa shape index (κ2) is 4.69. The molecule has 1 aliphatic carbocycles. The first-order valence-corrected chi connectivity index (χ1v) is 6.43. The van der Waals surface area contributed by atoms with Crippen molar-refractivity contribution in [3.8, 4) is 0 Å². The van der Waals surface area contributed by atoms with Gasteiger partial charge in [0.1, 0.15) is 0 Å². The maximum atomic E-state index is 2.28. The molecule has 0 fully saturated rings. The van der Waals surface area contributed by atoms with Gasteiger partial charge < -0.3 is 4.90 Å². The molecular weight excluding hydrogens is 218 g/mol. The van der Waals surface area contributed by atoms with Crippen LogP contribution in [0.25, 0.3) is 6.08 Å². The molecule has 0 bridgehead atoms. The molecule has 0 heterocycles. The fraction of sp³-hybridized carbons (Fsp3) is 0.176. The van der Waals surface area contributed by atoms with Gasteiger partial charge in [0.15, 0.2) is 0 Å². The zero-order valence-electron chi connectivity index (χ0n) is 10.6. The van der Waals surface area contributed by atoms with Crippen molar-refractivity contribution >= 4 is 17.5 Å². The molecule has 2 aromatic carbocycles. The summed E-state index contributed by atoms with van der Waals surface area (Å²) in [6.07, 6.45) is 6.83. The molecule has 0 amide bonds. The van der Waals surface area contributed by atoms with Gasteiger partial charge in [-0.3, -0.25) is 0 Å². The largest absolute Gasteiger partial charge is 0.345 e. The number of hydrogen-bond acceptors (Lipinski definition) is 1. The Bertz CT molecular complexity index is 569. The lowest BCUT2D eigenvalue weighted by Gasteiger charge is -2.21. The van der Waals surface area contributed by atoms with Crippen LogP contribution < -0.4 is 4.90 Å². The molecule has 2 aromatic rings. The summed E-state index contributed by atoms with van der Waals surface area (Å²) in [5.74, 6) is 0. The molecule has 0 atom stereocenters. The lowest BCUT2D eigenvalue weighted by molar-refractivity contribution is 0.984. The van der Waals surface area contributed by atoms with Gasteiger partial charge in [0.2, 0.25) is 0 Å². The Hall–Kier alpha value is -2.02. The Labute approximate surface area is 108 Å². The van der Waals surface area contributed by atoms with Gasteiger partial charge in [-0.2, -0.15) is 0 Å². The second-order valence-electron chi connectivity index (χ2n) is 4.72. The van der Waals surface area contributed by atoms with Crippen LogP contribution in [0, 0.1) is 0 Å². The van der Waals surface area contributed by atoms with Crippen molar-refractivity contribution in [1.29, 1.82) is 0 Å². The molecule has 1 aliphatic rings. The van der Waals surface area contributed by atoms with Gasteiger partial charge in [-0.15, -0.1) is 0 Å². The average Bonchev–Trinajstić information content (AvgIpc) is 2.47. The number of hydrogen-bond donors (Lipinski definition) is 0. The average molecular weight is 235 g/mol. The van der Waals surface area contributed by atoms with Crippen molar-refractivity contribution < 1.29 is 0 Å². The predicted octanol–water partition coefficient (Wildman–Crippen LogP) is 4.41. The first kappa shape index (κ1) is 11.1. The molecule has 0 saturated carbocycles. The molecule has 3 rings (SSSR count). The highest BCUT2D eigenvalue weighted by molar-refractivity contribution is 5.68. The van der Waals surface area contributed by atoms with Crippen LogP contribution in [0.5, 0.6) is 0 Å². The van der Waals surface area contributed by atoms with E-state index in [0.717, 1.165) is 0 Å². The lowest BCUT2D eigenvalue weighted by Crippen LogP contribution is -2.09. The topological polar surface area (TPSA) is 3.24 Å². The van der Waals surface area contributed by atoms with E-state index in [9.17, 15) is 0 Å². The fourth-order valence-corrected chi connectivity index (χ4v) is 2.42. The van der Waals surface area contributed by atoms with Crippen molar-refractivity contribution in [3.63, 3.8) is 0 Å². The quantitative estimate of drug-likeness (QED) is 0.745. The molecule has 90 valence electrons. The lowest BCUT2D eigenvalue weighted by atomic mass is 9.97. The van der Waals surface area contributed by atoms with Gasteiger partial charge in [0, 0.05) is 18.4 Å². The predicted molar refractivity (Wildman–Crippen MR) is 78.3 cm³/mol. The van der Waals surface area contributed by atoms with E-state index in [2.05, 4.69) is 66.6 Å². The summed E-state index contributed by atoms with van der Waals surface area (Å²) in [5, 5.41) is 0. The van der Waals surface area contributed by atoms with Gasteiger partial charge in [-0.1, -0.05) is 36.4 Å². The van der Waals surface area contributed by atoms with E-state index in [4.69, 9.17) is 0 Å². The smallest absolute Gasteiger partial charge is 0.0414 e. The van der Waals surface area contributed by atoms with E-state index in [1.807, 2.05) is 6.07 Å². The zero-order valence-corrected chi connectivity index (χ0v) is 10.6. The van der Waals surface area contributed by atoms with Crippen LogP contribution in [0.4, 0.5) is 11.4 Å². The standard InChI is InChI=1S/C17H17N/c1-18(16-9-3-2-4-10-16)17-12-11-14-7-5-6-8-15(14)13-17/h2-4,6,8-13H,5,7H2,1H3. The summed E-state index contributed by atoms with van der Waals surface area (Å²) in [5.41, 5.74) is 5.29. The maximum Gasteiger partial charge on any atom is 0.0414 e. The van der Waals surface area contributed by atoms with Gasteiger partial charge in [0.25, 0.3) is 0 Å². The van der Waals surface area contributed by atoms with Crippen LogP contribution in [0.1, 0.15) is 17.5 Å². The Kier molecular flexibility index (Phi) is 2.89. The van der Waals surface area contributed by atoms with Gasteiger partial charge in [0.05, 0.1) is 0 Å². The highest BCUT2D eigenvalue weighted by atomic mass is 15.1. The Balaban J connectivity index is 1.96. The van der Waals surface area contributed by atoms with Crippen molar-refractivity contribution in [3.05, 3.63) is 65.7 Å². The number of rotatable bonds is 2. The van der Waals surface area contributed by atoms with E-state index in [1.165, 1.54) is 35.3 Å². The molecule has 0 saturated heterocycles. The van der Waals surface area contributed by atoms with Gasteiger partial charge in [-0.05, 0) is 48.2 Å². The Morgan fingerprint density at radius 3 is 2.61 bits per heavy atom. The second-order valence-corrected chi connectivity index (χ2v) is 4.72. The third-order valence-corrected chi connectivity index (χ3v) is 3.54. The first-order valence-electron chi connectivity index (χ1n) is 6.43. The van der Waals surface area contributed by atoms with Gasteiger partial charge in [-0.25, -0.2) is 0 Å². The molecule has 0 aromatic heterocycles. The van der Waals surface area contributed by atoms with Crippen molar-refractivity contribution in [2.75, 3.05) is 11.9 Å². The van der Waals surface area contributed by atoms with E-state index >= 15 is 0 Å². The minimum atomic E-state index is 1.17. The number of para-hydroxylation sites is 1. The van der Waals surface area contributed by atoms with Gasteiger partial charge >= 0.3 is 0 Å². The number of nitrogens with zero attached hydrogens (tertiary/aromatic N) is 1. The van der Waals surface area contributed by atoms with E-state index in [-0.39, 0.29) is 0 Å². The molecule has 0 unspecified atom stereocenters. The summed E-state index contributed by atoms with van der Waals surface area (Å²) in [4.78, 5) is 2.22. The molecule has 1 heteroatoms. The number of allylic oxidation sites excluding steroid dienone is 1. The van der Waals surface area contributed by atoms with Crippen LogP contribution in [0.15, 0.2) is 54.6 Å². The monoisotopic (exact) mass is 235 g/mol. The van der Waals surface area contributed by atoms with Crippen LogP contribution >= 0.6 is 0 Å². The third kappa shape index (κ3) is 2.04. The molecule has 0 spiro atoms. The Morgan fingerprint density at radius 2 is 1.78 bits per heavy atom. The summed E-state index contributed by atoms with van der Waals surface area (Å²) in [6.45, 7) is 0. The molecular formula is C17H17N. The van der Waals surface area contributed by atoms with Crippen molar-refractivity contribution in [2.45, 2.75) is 12.8 Å². The van der Waals surface area contributed by atoms with E-state index < -0.39 is 0 Å². The summed E-state index contributed by atoms with van der Waals surface area (Å²) >= 11 is 0. The SMILES string of the molecule is CN(c1ccccc1)c1ccc2c(c1)C=CCC2. The maximum absolute atomic E-state index is 2.28. The first-order chi connectivity index (χ1) is 8.84. The highest BCUT2D eigenvalue weighted by Gasteiger charge is 2.08. The summed E-state index contributed by atoms with van der Waals surface area (Å²) in [6, 6.07) is 17.2. The van der Waals surface area contributed by atoms with E-state index in [1.54, 1.807) is 0 Å². The van der Waals surface area contributed by atoms with Crippen LogP contribution in [0.3, 0.4) is 0 Å². The minimum Gasteiger partial charge on any atom is -0.345 e. The minimum absolute atomic E-state index is 1.17. The van der Waals surface area contributed by atoms with Crippen molar-refractivity contribution in [1.82, 2.24) is 0 Å². The molecule has 1 nitrogen and oxygen atoms in total. The summed E-state index contributed by atoms with van der Waals surface area (Å²) in [7, 11) is 2.11. The highest BCUT2D eigenvalue weighted by Crippen LogP contribution is 2.28. The molecule has 0 N–H and O–H groups in total. The van der Waals surface area contributed by atoms with E-state index in [0.29, 0.717) is 0 Å². The molecule has 0 radical (unpaired) electrons. The third-order valence-electron chi connectivity index (χ3n) is 3.54. The number of benzene rings is 2. The number of fused-ring (bicyclic) bond motifs is 1. The molecule has 18 heavy (non-hydrogen) atoms. The van der Waals surface area contributed by atoms with Crippen molar-refractivity contribution in [2.24, 2.45) is 0 Å². The number of anilines is 2. The zero-order chi connectivity index (χ0) is 12.4. The van der Waals surface area contributed by atoms with Crippen LogP contribution in [-0.4, -0.2) is 7.05 Å². The van der Waals surface area contributed by atoms with Crippen LogP contribution in [-0.2, 0) is 6.42 Å². The normalized spacial score (nSPS) is 13.2. The molecule has 0 aliphatic heterocycles. The number of aryl methyl sites for hydroxylation is 1. The Morgan fingerprint density at radius 1 is 0.944 bits per heavy atom. The fourth-order valence-electron chi connectivity index (χ4n) is 2.42.